The van der Waals surface area contributed by atoms with Crippen molar-refractivity contribution in [3.63, 3.8) is 0 Å². The van der Waals surface area contributed by atoms with Gasteiger partial charge in [0.2, 0.25) is 10.0 Å². The molecule has 5 heteroatoms. The Morgan fingerprint density at radius 3 is 2.36 bits per heavy atom. The third-order valence-corrected chi connectivity index (χ3v) is 3.13. The lowest BCUT2D eigenvalue weighted by atomic mass is 9.80. The molecule has 0 heterocycles. The second kappa shape index (κ2) is 4.59. The van der Waals surface area contributed by atoms with E-state index in [9.17, 15) is 8.42 Å². The van der Waals surface area contributed by atoms with Crippen molar-refractivity contribution in [1.29, 1.82) is 0 Å². The third kappa shape index (κ3) is 4.39. The maximum atomic E-state index is 10.8. The first-order valence-electron chi connectivity index (χ1n) is 5.07. The average molecular weight is 220 g/mol. The molecule has 1 fully saturated rings. The molecule has 84 valence electrons. The Balaban J connectivity index is 2.10. The Labute approximate surface area is 86.5 Å². The number of rotatable bonds is 5. The van der Waals surface area contributed by atoms with Crippen LogP contribution in [0.1, 0.15) is 26.7 Å². The highest BCUT2D eigenvalue weighted by atomic mass is 32.2. The monoisotopic (exact) mass is 220 g/mol. The minimum Gasteiger partial charge on any atom is -0.312 e. The molecule has 1 aliphatic carbocycles. The Morgan fingerprint density at radius 1 is 1.36 bits per heavy atom. The third-order valence-electron chi connectivity index (χ3n) is 2.44. The van der Waals surface area contributed by atoms with Crippen molar-refractivity contribution < 1.29 is 8.42 Å². The Hall–Kier alpha value is -0.130. The van der Waals surface area contributed by atoms with Crippen LogP contribution in [0.5, 0.6) is 0 Å². The summed E-state index contributed by atoms with van der Waals surface area (Å²) in [6.07, 6.45) is 3.37. The maximum Gasteiger partial charge on any atom is 0.208 e. The minimum atomic E-state index is -3.01. The molecule has 0 aliphatic heterocycles. The van der Waals surface area contributed by atoms with Gasteiger partial charge < -0.3 is 5.32 Å². The maximum absolute atomic E-state index is 10.8. The fourth-order valence-electron chi connectivity index (χ4n) is 1.78. The van der Waals surface area contributed by atoms with Crippen molar-refractivity contribution in [3.8, 4) is 0 Å². The highest BCUT2D eigenvalue weighted by Crippen LogP contribution is 2.26. The molecule has 0 radical (unpaired) electrons. The van der Waals surface area contributed by atoms with Crippen LogP contribution in [-0.4, -0.2) is 33.3 Å². The molecular weight excluding hydrogens is 200 g/mol. The smallest absolute Gasteiger partial charge is 0.208 e. The Bertz CT molecular complexity index is 269. The van der Waals surface area contributed by atoms with Crippen molar-refractivity contribution in [3.05, 3.63) is 0 Å². The topological polar surface area (TPSA) is 58.2 Å². The predicted molar refractivity (Wildman–Crippen MR) is 57.6 cm³/mol. The Morgan fingerprint density at radius 2 is 1.93 bits per heavy atom. The summed E-state index contributed by atoms with van der Waals surface area (Å²) in [6.45, 7) is 4.85. The molecule has 0 amide bonds. The first-order chi connectivity index (χ1) is 6.37. The lowest BCUT2D eigenvalue weighted by Crippen LogP contribution is -2.47. The summed E-state index contributed by atoms with van der Waals surface area (Å²) in [6, 6.07) is 1.10. The van der Waals surface area contributed by atoms with Gasteiger partial charge in [-0.3, -0.25) is 0 Å². The summed E-state index contributed by atoms with van der Waals surface area (Å²) in [5.74, 6) is 0.515. The summed E-state index contributed by atoms with van der Waals surface area (Å²) < 4.78 is 24.2. The highest BCUT2D eigenvalue weighted by Gasteiger charge is 2.29. The molecule has 14 heavy (non-hydrogen) atoms. The van der Waals surface area contributed by atoms with Crippen LogP contribution < -0.4 is 10.0 Å². The molecule has 0 atom stereocenters. The second-order valence-electron chi connectivity index (χ2n) is 4.48. The van der Waals surface area contributed by atoms with Gasteiger partial charge in [-0.25, -0.2) is 13.1 Å². The van der Waals surface area contributed by atoms with E-state index in [1.165, 1.54) is 6.26 Å². The molecule has 4 nitrogen and oxygen atoms in total. The van der Waals surface area contributed by atoms with Crippen LogP contribution in [0.15, 0.2) is 0 Å². The predicted octanol–water partition coefficient (Wildman–Crippen LogP) is 0.312. The molecule has 0 aromatic heterocycles. The van der Waals surface area contributed by atoms with E-state index in [0.717, 1.165) is 12.8 Å². The molecule has 0 spiro atoms. The standard InChI is InChI=1S/C9H20N2O2S/c1-7(2)11-9-4-8(5-9)6-10-14(3,12)13/h7-11H,4-6H2,1-3H3/t8-,9-. The summed E-state index contributed by atoms with van der Waals surface area (Å²) in [4.78, 5) is 0. The summed E-state index contributed by atoms with van der Waals surface area (Å²) in [7, 11) is -3.01. The van der Waals surface area contributed by atoms with Crippen molar-refractivity contribution in [2.45, 2.75) is 38.8 Å². The zero-order valence-electron chi connectivity index (χ0n) is 9.08. The highest BCUT2D eigenvalue weighted by molar-refractivity contribution is 7.88. The van der Waals surface area contributed by atoms with Gasteiger partial charge in [0, 0.05) is 18.6 Å². The molecule has 0 bridgehead atoms. The van der Waals surface area contributed by atoms with Gasteiger partial charge in [-0.2, -0.15) is 0 Å². The van der Waals surface area contributed by atoms with E-state index in [0.29, 0.717) is 24.5 Å². The molecule has 0 aromatic rings. The largest absolute Gasteiger partial charge is 0.312 e. The summed E-state index contributed by atoms with van der Waals surface area (Å²) in [5.41, 5.74) is 0. The van der Waals surface area contributed by atoms with Crippen molar-refractivity contribution in [2.24, 2.45) is 5.92 Å². The lowest BCUT2D eigenvalue weighted by molar-refractivity contribution is 0.214. The quantitative estimate of drug-likeness (QED) is 0.701. The lowest BCUT2D eigenvalue weighted by Gasteiger charge is -2.37. The van der Waals surface area contributed by atoms with Crippen LogP contribution in [0.4, 0.5) is 0 Å². The van der Waals surface area contributed by atoms with E-state index in [1.807, 2.05) is 0 Å². The van der Waals surface area contributed by atoms with Crippen molar-refractivity contribution in [1.82, 2.24) is 10.0 Å². The summed E-state index contributed by atoms with van der Waals surface area (Å²) in [5, 5.41) is 3.43. The van der Waals surface area contributed by atoms with E-state index >= 15 is 0 Å². The fourth-order valence-corrected chi connectivity index (χ4v) is 2.32. The fraction of sp³-hybridized carbons (Fsp3) is 1.00. The zero-order chi connectivity index (χ0) is 10.8. The molecule has 0 saturated heterocycles. The second-order valence-corrected chi connectivity index (χ2v) is 6.31. The van der Waals surface area contributed by atoms with Gasteiger partial charge in [0.1, 0.15) is 0 Å². The van der Waals surface area contributed by atoms with Crippen LogP contribution in [0.25, 0.3) is 0 Å². The van der Waals surface area contributed by atoms with Gasteiger partial charge in [-0.15, -0.1) is 0 Å². The molecule has 0 aromatic carbocycles. The molecule has 1 rings (SSSR count). The van der Waals surface area contributed by atoms with E-state index in [-0.39, 0.29) is 0 Å². The number of nitrogens with one attached hydrogen (secondary N) is 2. The van der Waals surface area contributed by atoms with Crippen LogP contribution in [-0.2, 0) is 10.0 Å². The van der Waals surface area contributed by atoms with Gasteiger partial charge in [0.25, 0.3) is 0 Å². The van der Waals surface area contributed by atoms with Crippen LogP contribution in [0.2, 0.25) is 0 Å². The Kier molecular flexibility index (Phi) is 3.92. The van der Waals surface area contributed by atoms with Crippen molar-refractivity contribution in [2.75, 3.05) is 12.8 Å². The van der Waals surface area contributed by atoms with Gasteiger partial charge in [0.15, 0.2) is 0 Å². The molecule has 1 aliphatic rings. The van der Waals surface area contributed by atoms with E-state index in [1.54, 1.807) is 0 Å². The van der Waals surface area contributed by atoms with E-state index in [2.05, 4.69) is 23.9 Å². The normalized spacial score (nSPS) is 27.7. The molecule has 2 N–H and O–H groups in total. The van der Waals surface area contributed by atoms with Gasteiger partial charge in [0.05, 0.1) is 6.26 Å². The number of hydrogen-bond acceptors (Lipinski definition) is 3. The van der Waals surface area contributed by atoms with Gasteiger partial charge in [-0.05, 0) is 18.8 Å². The molecule has 0 unspecified atom stereocenters. The SMILES string of the molecule is CC(C)N[C@H]1C[C@H](CNS(C)(=O)=O)C1. The number of hydrogen-bond donors (Lipinski definition) is 2. The zero-order valence-corrected chi connectivity index (χ0v) is 9.89. The van der Waals surface area contributed by atoms with Crippen molar-refractivity contribution >= 4 is 10.0 Å². The number of sulfonamides is 1. The van der Waals surface area contributed by atoms with E-state index in [4.69, 9.17) is 0 Å². The summed E-state index contributed by atoms with van der Waals surface area (Å²) >= 11 is 0. The van der Waals surface area contributed by atoms with Gasteiger partial charge in [-0.1, -0.05) is 13.8 Å². The van der Waals surface area contributed by atoms with Gasteiger partial charge >= 0.3 is 0 Å². The van der Waals surface area contributed by atoms with Crippen LogP contribution >= 0.6 is 0 Å². The minimum absolute atomic E-state index is 0.515. The first-order valence-corrected chi connectivity index (χ1v) is 6.96. The average Bonchev–Trinajstić information content (AvgIpc) is 1.90. The first kappa shape index (κ1) is 11.9. The molecular formula is C9H20N2O2S. The van der Waals surface area contributed by atoms with Crippen LogP contribution in [0.3, 0.4) is 0 Å². The van der Waals surface area contributed by atoms with E-state index < -0.39 is 10.0 Å². The molecule has 1 saturated carbocycles. The van der Waals surface area contributed by atoms with Crippen LogP contribution in [0, 0.1) is 5.92 Å².